The number of aromatic nitrogens is 4. The SMILES string of the molecule is CC[C@@H]1C[C@]1(NC(=O)[C@@H]1C[C@@H](Oc2cc(Oc3nnc(C)[nH]3)nc3c(Cl)c(OCCN4CCOCC4)ccc23)CN1C(=O)[C@@H](NC(=O)O[C@@H]1C[C@@H]2C[C@@H]2C1)C(C)(C)C)C(=O)O. The first-order valence-corrected chi connectivity index (χ1v) is 21.6. The molecule has 3 amide bonds. The number of morpholine rings is 1. The highest BCUT2D eigenvalue weighted by Gasteiger charge is 2.61. The number of aromatic amines is 1. The van der Waals surface area contributed by atoms with Crippen molar-refractivity contribution < 1.29 is 48.0 Å². The van der Waals surface area contributed by atoms with Crippen LogP contribution >= 0.6 is 11.6 Å². The van der Waals surface area contributed by atoms with Gasteiger partial charge in [0.15, 0.2) is 0 Å². The Balaban J connectivity index is 1.07. The molecule has 5 aliphatic rings. The molecule has 2 aliphatic heterocycles. The Morgan fingerprint density at radius 1 is 1.07 bits per heavy atom. The Morgan fingerprint density at radius 3 is 2.48 bits per heavy atom. The monoisotopic (exact) mass is 866 g/mol. The van der Waals surface area contributed by atoms with Gasteiger partial charge in [0.1, 0.15) is 64.3 Å². The molecular weight excluding hydrogens is 812 g/mol. The summed E-state index contributed by atoms with van der Waals surface area (Å²) in [6, 6.07) is 2.93. The van der Waals surface area contributed by atoms with Gasteiger partial charge in [-0.2, -0.15) is 0 Å². The summed E-state index contributed by atoms with van der Waals surface area (Å²) in [5.74, 6) is -0.0488. The molecule has 8 atom stereocenters. The number of ether oxygens (including phenoxy) is 5. The van der Waals surface area contributed by atoms with E-state index in [0.717, 1.165) is 32.4 Å². The van der Waals surface area contributed by atoms with Crippen LogP contribution in [0.4, 0.5) is 4.79 Å². The van der Waals surface area contributed by atoms with Crippen LogP contribution in [-0.2, 0) is 23.9 Å². The Bertz CT molecular complexity index is 2150. The number of likely N-dealkylation sites (tertiary alicyclic amines) is 1. The molecule has 330 valence electrons. The van der Waals surface area contributed by atoms with Crippen LogP contribution in [0.15, 0.2) is 18.2 Å². The highest BCUT2D eigenvalue weighted by molar-refractivity contribution is 6.36. The van der Waals surface area contributed by atoms with E-state index in [0.29, 0.717) is 67.1 Å². The van der Waals surface area contributed by atoms with Crippen molar-refractivity contribution in [1.29, 1.82) is 0 Å². The summed E-state index contributed by atoms with van der Waals surface area (Å²) < 4.78 is 30.0. The number of carboxylic acids is 1. The first-order chi connectivity index (χ1) is 29.1. The second-order valence-corrected chi connectivity index (χ2v) is 18.5. The van der Waals surface area contributed by atoms with Crippen LogP contribution in [0.3, 0.4) is 0 Å². The molecule has 4 N–H and O–H groups in total. The van der Waals surface area contributed by atoms with Crippen molar-refractivity contribution in [1.82, 2.24) is 40.6 Å². The minimum Gasteiger partial charge on any atom is -0.491 e. The molecule has 8 rings (SSSR count). The predicted octanol–water partition coefficient (Wildman–Crippen LogP) is 4.48. The maximum absolute atomic E-state index is 14.7. The predicted molar refractivity (Wildman–Crippen MR) is 220 cm³/mol. The number of hydrogen-bond acceptors (Lipinski definition) is 13. The third-order valence-corrected chi connectivity index (χ3v) is 13.1. The molecule has 2 saturated heterocycles. The van der Waals surface area contributed by atoms with E-state index in [4.69, 9.17) is 40.3 Å². The van der Waals surface area contributed by atoms with Crippen molar-refractivity contribution in [3.8, 4) is 23.4 Å². The lowest BCUT2D eigenvalue weighted by Crippen LogP contribution is -2.59. The summed E-state index contributed by atoms with van der Waals surface area (Å²) in [7, 11) is 0. The second-order valence-electron chi connectivity index (χ2n) is 18.1. The number of amides is 3. The molecule has 2 aromatic heterocycles. The van der Waals surface area contributed by atoms with Crippen LogP contribution in [0, 0.1) is 30.1 Å². The number of aliphatic carboxylic acids is 1. The fourth-order valence-electron chi connectivity index (χ4n) is 9.05. The van der Waals surface area contributed by atoms with Gasteiger partial charge < -0.3 is 44.3 Å². The minimum atomic E-state index is -1.43. The number of pyridine rings is 1. The number of fused-ring (bicyclic) bond motifs is 2. The van der Waals surface area contributed by atoms with E-state index in [-0.39, 0.29) is 54.1 Å². The molecule has 0 spiro atoms. The van der Waals surface area contributed by atoms with Crippen LogP contribution in [0.25, 0.3) is 10.9 Å². The van der Waals surface area contributed by atoms with Crippen molar-refractivity contribution in [2.24, 2.45) is 23.2 Å². The van der Waals surface area contributed by atoms with Gasteiger partial charge in [0.2, 0.25) is 17.7 Å². The van der Waals surface area contributed by atoms with Gasteiger partial charge in [-0.3, -0.25) is 19.5 Å². The first-order valence-electron chi connectivity index (χ1n) is 21.2. The molecular formula is C42H55ClN8O10. The van der Waals surface area contributed by atoms with Crippen LogP contribution in [0.2, 0.25) is 5.02 Å². The molecule has 3 aliphatic carbocycles. The Kier molecular flexibility index (Phi) is 12.0. The minimum absolute atomic E-state index is 0.00793. The molecule has 3 aromatic rings. The Hall–Kier alpha value is -4.94. The number of nitrogens with one attached hydrogen (secondary N) is 3. The van der Waals surface area contributed by atoms with Gasteiger partial charge in [-0.05, 0) is 67.9 Å². The number of carbonyl (C=O) groups excluding carboxylic acids is 3. The maximum Gasteiger partial charge on any atom is 0.408 e. The van der Waals surface area contributed by atoms with Gasteiger partial charge in [-0.25, -0.2) is 14.6 Å². The zero-order valence-electron chi connectivity index (χ0n) is 35.2. The van der Waals surface area contributed by atoms with E-state index < -0.39 is 53.0 Å². The molecule has 19 heteroatoms. The molecule has 3 saturated carbocycles. The summed E-state index contributed by atoms with van der Waals surface area (Å²) in [6.07, 6.45) is 1.95. The van der Waals surface area contributed by atoms with Gasteiger partial charge in [0, 0.05) is 37.5 Å². The molecule has 0 radical (unpaired) electrons. The average molecular weight is 867 g/mol. The Morgan fingerprint density at radius 2 is 1.82 bits per heavy atom. The van der Waals surface area contributed by atoms with Gasteiger partial charge in [0.05, 0.1) is 19.8 Å². The number of halogens is 1. The molecule has 0 unspecified atom stereocenters. The normalized spacial score (nSPS) is 27.5. The van der Waals surface area contributed by atoms with E-state index in [9.17, 15) is 24.3 Å². The van der Waals surface area contributed by atoms with Crippen molar-refractivity contribution >= 4 is 46.4 Å². The molecule has 1 aromatic carbocycles. The van der Waals surface area contributed by atoms with E-state index >= 15 is 0 Å². The molecule has 0 bridgehead atoms. The summed E-state index contributed by atoms with van der Waals surface area (Å²) in [6.45, 7) is 13.0. The number of carboxylic acid groups (broad SMARTS) is 1. The second kappa shape index (κ2) is 17.1. The van der Waals surface area contributed by atoms with E-state index in [1.807, 2.05) is 27.7 Å². The first kappa shape index (κ1) is 42.7. The number of aryl methyl sites for hydroxylation is 1. The fourth-order valence-corrected chi connectivity index (χ4v) is 9.31. The smallest absolute Gasteiger partial charge is 0.408 e. The largest absolute Gasteiger partial charge is 0.491 e. The lowest BCUT2D eigenvalue weighted by molar-refractivity contribution is -0.146. The fraction of sp³-hybridized carbons (Fsp3) is 0.643. The zero-order valence-corrected chi connectivity index (χ0v) is 36.0. The topological polar surface area (TPSA) is 220 Å². The van der Waals surface area contributed by atoms with Crippen LogP contribution in [0.5, 0.6) is 23.4 Å². The van der Waals surface area contributed by atoms with E-state index in [2.05, 4.69) is 30.7 Å². The van der Waals surface area contributed by atoms with Gasteiger partial charge in [0.25, 0.3) is 0 Å². The Labute approximate surface area is 358 Å². The highest BCUT2D eigenvalue weighted by atomic mass is 35.5. The summed E-state index contributed by atoms with van der Waals surface area (Å²) in [5.41, 5.74) is -1.92. The number of rotatable bonds is 15. The van der Waals surface area contributed by atoms with E-state index in [1.165, 1.54) is 4.90 Å². The van der Waals surface area contributed by atoms with Crippen LogP contribution in [0.1, 0.15) is 72.0 Å². The number of alkyl carbamates (subject to hydrolysis) is 1. The molecule has 61 heavy (non-hydrogen) atoms. The number of hydrogen-bond donors (Lipinski definition) is 4. The third kappa shape index (κ3) is 9.31. The lowest BCUT2D eigenvalue weighted by Gasteiger charge is -2.35. The van der Waals surface area contributed by atoms with Gasteiger partial charge in [-0.1, -0.05) is 50.8 Å². The number of benzene rings is 1. The van der Waals surface area contributed by atoms with Crippen molar-refractivity contribution in [2.45, 2.75) is 103 Å². The average Bonchev–Trinajstić information content (AvgIpc) is 3.92. The molecule has 4 heterocycles. The standard InChI is InChI=1S/C42H55ClN8O10/c1-6-25-20-42(25,38(54)55)47-36(52)29-18-27(21-51(29)37(53)35(41(3,4)5)46-40(56)60-26-16-23-15-24(23)17-26)59-31-19-32(61-39-44-22(2)48-49-39)45-34-28(31)7-8-30(33(34)43)58-14-11-50-9-12-57-13-10-50/h7-8,19,23-27,29,35H,6,9-18,20-21H2,1-5H3,(H,46,56)(H,47,52)(H,54,55)(H,44,48,49)/t23-,24+,25-,26+,27-,29+,35-,42-/m1/s1. The summed E-state index contributed by atoms with van der Waals surface area (Å²) in [4.78, 5) is 66.0. The number of H-pyrrole nitrogens is 1. The van der Waals surface area contributed by atoms with Crippen molar-refractivity contribution in [3.63, 3.8) is 0 Å². The summed E-state index contributed by atoms with van der Waals surface area (Å²) >= 11 is 6.99. The highest BCUT2D eigenvalue weighted by Crippen LogP contribution is 2.52. The number of nitrogens with zero attached hydrogens (tertiary/aromatic N) is 5. The lowest BCUT2D eigenvalue weighted by atomic mass is 9.85. The third-order valence-electron chi connectivity index (χ3n) is 12.7. The van der Waals surface area contributed by atoms with Crippen LogP contribution < -0.4 is 24.8 Å². The van der Waals surface area contributed by atoms with Gasteiger partial charge >= 0.3 is 18.1 Å². The van der Waals surface area contributed by atoms with Crippen LogP contribution in [-0.4, -0.2) is 135 Å². The summed E-state index contributed by atoms with van der Waals surface area (Å²) in [5, 5.41) is 24.5. The number of carbonyl (C=O) groups is 4. The van der Waals surface area contributed by atoms with Crippen molar-refractivity contribution in [2.75, 3.05) is 46.0 Å². The quantitative estimate of drug-likeness (QED) is 0.166. The zero-order chi connectivity index (χ0) is 43.2. The van der Waals surface area contributed by atoms with Crippen molar-refractivity contribution in [3.05, 3.63) is 29.0 Å². The van der Waals surface area contributed by atoms with E-state index in [1.54, 1.807) is 25.1 Å². The van der Waals surface area contributed by atoms with Gasteiger partial charge in [-0.15, -0.1) is 5.10 Å². The maximum atomic E-state index is 14.7. The molecule has 5 fully saturated rings. The molecule has 18 nitrogen and oxygen atoms in total.